The zero-order valence-corrected chi connectivity index (χ0v) is 9.84. The Kier molecular flexibility index (Phi) is 3.08. The molecule has 5 heteroatoms. The first-order chi connectivity index (χ1) is 8.11. The molecule has 0 spiro atoms. The van der Waals surface area contributed by atoms with Crippen LogP contribution in [0.15, 0.2) is 18.3 Å². The van der Waals surface area contributed by atoms with Crippen LogP contribution in [0.4, 0.5) is 5.82 Å². The van der Waals surface area contributed by atoms with Gasteiger partial charge in [-0.05, 0) is 18.6 Å². The number of rotatable bonds is 2. The van der Waals surface area contributed by atoms with Crippen LogP contribution < -0.4 is 4.90 Å². The molecule has 1 aromatic rings. The van der Waals surface area contributed by atoms with Gasteiger partial charge >= 0.3 is 5.97 Å². The third-order valence-electron chi connectivity index (χ3n) is 2.83. The van der Waals surface area contributed by atoms with E-state index in [0.717, 1.165) is 5.56 Å². The summed E-state index contributed by atoms with van der Waals surface area (Å²) in [6.45, 7) is 2.28. The number of hydrogen-bond donors (Lipinski definition) is 0. The van der Waals surface area contributed by atoms with Crippen molar-refractivity contribution in [1.29, 1.82) is 0 Å². The van der Waals surface area contributed by atoms with Crippen molar-refractivity contribution in [2.75, 3.05) is 18.6 Å². The molecule has 0 aromatic carbocycles. The summed E-state index contributed by atoms with van der Waals surface area (Å²) in [4.78, 5) is 28.8. The Balaban J connectivity index is 2.15. The molecule has 17 heavy (non-hydrogen) atoms. The van der Waals surface area contributed by atoms with Crippen LogP contribution in [0.5, 0.6) is 0 Å². The molecule has 1 aliphatic rings. The van der Waals surface area contributed by atoms with E-state index in [2.05, 4.69) is 9.72 Å². The van der Waals surface area contributed by atoms with Crippen LogP contribution in [0, 0.1) is 12.8 Å². The van der Waals surface area contributed by atoms with Crippen LogP contribution in [0.2, 0.25) is 0 Å². The maximum Gasteiger partial charge on any atom is 0.311 e. The molecule has 2 rings (SSSR count). The van der Waals surface area contributed by atoms with Gasteiger partial charge < -0.3 is 4.74 Å². The molecule has 1 fully saturated rings. The fourth-order valence-electron chi connectivity index (χ4n) is 1.87. The van der Waals surface area contributed by atoms with Gasteiger partial charge in [-0.3, -0.25) is 14.5 Å². The van der Waals surface area contributed by atoms with Crippen LogP contribution in [-0.2, 0) is 14.3 Å². The number of pyridine rings is 1. The van der Waals surface area contributed by atoms with Crippen LogP contribution in [0.1, 0.15) is 12.0 Å². The minimum atomic E-state index is -0.379. The second-order valence-electron chi connectivity index (χ2n) is 4.12. The van der Waals surface area contributed by atoms with Gasteiger partial charge in [-0.2, -0.15) is 0 Å². The van der Waals surface area contributed by atoms with E-state index in [1.807, 2.05) is 13.0 Å². The van der Waals surface area contributed by atoms with Gasteiger partial charge in [0.15, 0.2) is 0 Å². The highest BCUT2D eigenvalue weighted by atomic mass is 16.5. The van der Waals surface area contributed by atoms with Crippen molar-refractivity contribution in [3.05, 3.63) is 23.9 Å². The summed E-state index contributed by atoms with van der Waals surface area (Å²) < 4.78 is 4.65. The molecule has 0 bridgehead atoms. The van der Waals surface area contributed by atoms with E-state index in [1.54, 1.807) is 12.3 Å². The number of methoxy groups -OCH3 is 1. The van der Waals surface area contributed by atoms with Gasteiger partial charge in [0.1, 0.15) is 5.82 Å². The summed E-state index contributed by atoms with van der Waals surface area (Å²) in [6.07, 6.45) is 1.90. The maximum absolute atomic E-state index is 11.8. The van der Waals surface area contributed by atoms with Gasteiger partial charge in [0.05, 0.1) is 13.0 Å². The van der Waals surface area contributed by atoms with Crippen molar-refractivity contribution >= 4 is 17.7 Å². The standard InChI is InChI=1S/C12H14N2O3/c1-8-3-4-10(13-6-8)14-7-9(5-11(14)15)12(16)17-2/h3-4,6,9H,5,7H2,1-2H3. The third-order valence-corrected chi connectivity index (χ3v) is 2.83. The zero-order chi connectivity index (χ0) is 12.4. The Bertz CT molecular complexity index is 442. The molecule has 90 valence electrons. The number of amides is 1. The van der Waals surface area contributed by atoms with Crippen molar-refractivity contribution in [2.45, 2.75) is 13.3 Å². The van der Waals surface area contributed by atoms with E-state index in [1.165, 1.54) is 12.0 Å². The number of nitrogens with zero attached hydrogens (tertiary/aromatic N) is 2. The van der Waals surface area contributed by atoms with Crippen LogP contribution in [0.3, 0.4) is 0 Å². The molecule has 0 aliphatic carbocycles. The Morgan fingerprint density at radius 1 is 1.53 bits per heavy atom. The second-order valence-corrected chi connectivity index (χ2v) is 4.12. The van der Waals surface area contributed by atoms with Crippen LogP contribution in [0.25, 0.3) is 0 Å². The van der Waals surface area contributed by atoms with Gasteiger partial charge in [0, 0.05) is 19.2 Å². The molecule has 0 N–H and O–H groups in total. The number of ether oxygens (including phenoxy) is 1. The average molecular weight is 234 g/mol. The number of anilines is 1. The van der Waals surface area contributed by atoms with Gasteiger partial charge in [0.2, 0.25) is 5.91 Å². The summed E-state index contributed by atoms with van der Waals surface area (Å²) in [5.74, 6) is -0.215. The lowest BCUT2D eigenvalue weighted by Gasteiger charge is -2.14. The lowest BCUT2D eigenvalue weighted by molar-refractivity contribution is -0.145. The molecule has 2 heterocycles. The Morgan fingerprint density at radius 2 is 2.29 bits per heavy atom. The number of carbonyl (C=O) groups excluding carboxylic acids is 2. The number of carbonyl (C=O) groups is 2. The normalized spacial score (nSPS) is 19.5. The van der Waals surface area contributed by atoms with Gasteiger partial charge in [-0.1, -0.05) is 6.07 Å². The lowest BCUT2D eigenvalue weighted by atomic mass is 10.1. The number of aromatic nitrogens is 1. The van der Waals surface area contributed by atoms with Crippen molar-refractivity contribution < 1.29 is 14.3 Å². The molecule has 5 nitrogen and oxygen atoms in total. The summed E-state index contributed by atoms with van der Waals surface area (Å²) in [7, 11) is 1.33. The maximum atomic E-state index is 11.8. The molecule has 1 amide bonds. The van der Waals surface area contributed by atoms with Crippen LogP contribution >= 0.6 is 0 Å². The number of esters is 1. The molecule has 0 radical (unpaired) electrons. The smallest absolute Gasteiger partial charge is 0.311 e. The molecular weight excluding hydrogens is 220 g/mol. The predicted molar refractivity (Wildman–Crippen MR) is 61.5 cm³/mol. The first kappa shape index (κ1) is 11.6. The van der Waals surface area contributed by atoms with Crippen LogP contribution in [-0.4, -0.2) is 30.5 Å². The minimum Gasteiger partial charge on any atom is -0.469 e. The van der Waals surface area contributed by atoms with Gasteiger partial charge in [-0.25, -0.2) is 4.98 Å². The SMILES string of the molecule is COC(=O)C1CC(=O)N(c2ccc(C)cn2)C1. The Labute approximate surface area is 99.4 Å². The summed E-state index contributed by atoms with van der Waals surface area (Å²) in [6, 6.07) is 3.67. The highest BCUT2D eigenvalue weighted by molar-refractivity contribution is 5.98. The number of aryl methyl sites for hydroxylation is 1. The fourth-order valence-corrected chi connectivity index (χ4v) is 1.87. The average Bonchev–Trinajstić information content (AvgIpc) is 2.71. The lowest BCUT2D eigenvalue weighted by Crippen LogP contribution is -2.26. The third kappa shape index (κ3) is 2.27. The first-order valence-corrected chi connectivity index (χ1v) is 5.42. The highest BCUT2D eigenvalue weighted by Crippen LogP contribution is 2.24. The van der Waals surface area contributed by atoms with E-state index in [0.29, 0.717) is 12.4 Å². The van der Waals surface area contributed by atoms with Crippen molar-refractivity contribution in [2.24, 2.45) is 5.92 Å². The largest absolute Gasteiger partial charge is 0.469 e. The Hall–Kier alpha value is -1.91. The van der Waals surface area contributed by atoms with Gasteiger partial charge in [0.25, 0.3) is 0 Å². The molecule has 0 saturated carbocycles. The fraction of sp³-hybridized carbons (Fsp3) is 0.417. The summed E-state index contributed by atoms with van der Waals surface area (Å²) in [5.41, 5.74) is 1.03. The molecule has 1 saturated heterocycles. The molecule has 1 unspecified atom stereocenters. The molecular formula is C12H14N2O3. The van der Waals surface area contributed by atoms with E-state index in [-0.39, 0.29) is 24.2 Å². The molecule has 1 aromatic heterocycles. The summed E-state index contributed by atoms with van der Waals surface area (Å²) in [5, 5.41) is 0. The number of hydrogen-bond acceptors (Lipinski definition) is 4. The van der Waals surface area contributed by atoms with Crippen molar-refractivity contribution in [3.63, 3.8) is 0 Å². The molecule has 1 aliphatic heterocycles. The van der Waals surface area contributed by atoms with E-state index < -0.39 is 0 Å². The van der Waals surface area contributed by atoms with E-state index in [9.17, 15) is 9.59 Å². The van der Waals surface area contributed by atoms with Crippen molar-refractivity contribution in [1.82, 2.24) is 4.98 Å². The second kappa shape index (κ2) is 4.53. The summed E-state index contributed by atoms with van der Waals surface area (Å²) >= 11 is 0. The predicted octanol–water partition coefficient (Wildman–Crippen LogP) is 0.916. The molecule has 1 atom stereocenters. The van der Waals surface area contributed by atoms with E-state index in [4.69, 9.17) is 0 Å². The quantitative estimate of drug-likeness (QED) is 0.714. The Morgan fingerprint density at radius 3 is 2.88 bits per heavy atom. The van der Waals surface area contributed by atoms with E-state index >= 15 is 0 Å². The topological polar surface area (TPSA) is 59.5 Å². The van der Waals surface area contributed by atoms with Crippen molar-refractivity contribution in [3.8, 4) is 0 Å². The monoisotopic (exact) mass is 234 g/mol. The first-order valence-electron chi connectivity index (χ1n) is 5.42. The zero-order valence-electron chi connectivity index (χ0n) is 9.84. The highest BCUT2D eigenvalue weighted by Gasteiger charge is 2.36. The van der Waals surface area contributed by atoms with Gasteiger partial charge in [-0.15, -0.1) is 0 Å². The minimum absolute atomic E-state index is 0.0863.